The van der Waals surface area contributed by atoms with Crippen LogP contribution in [-0.2, 0) is 25.9 Å². The summed E-state index contributed by atoms with van der Waals surface area (Å²) in [5, 5.41) is 13.4. The van der Waals surface area contributed by atoms with Gasteiger partial charge in [-0.3, -0.25) is 19.5 Å². The minimum Gasteiger partial charge on any atom is -0.390 e. The third-order valence-electron chi connectivity index (χ3n) is 6.48. The molecule has 5 rings (SSSR count). The summed E-state index contributed by atoms with van der Waals surface area (Å²) in [6.07, 6.45) is 4.33. The highest BCUT2D eigenvalue weighted by Crippen LogP contribution is 2.29. The summed E-state index contributed by atoms with van der Waals surface area (Å²) in [7, 11) is 0. The van der Waals surface area contributed by atoms with E-state index in [0.29, 0.717) is 30.1 Å². The van der Waals surface area contributed by atoms with Crippen molar-refractivity contribution in [1.82, 2.24) is 20.1 Å². The molecule has 2 aliphatic heterocycles. The fraction of sp³-hybridized carbons (Fsp3) is 0.346. The van der Waals surface area contributed by atoms with Gasteiger partial charge in [-0.05, 0) is 47.7 Å². The van der Waals surface area contributed by atoms with Crippen LogP contribution in [0, 0.1) is 0 Å². The molecular formula is C26H28N4O3S. The highest BCUT2D eigenvalue weighted by atomic mass is 32.1. The molecule has 2 aliphatic rings. The Labute approximate surface area is 203 Å². The zero-order valence-electron chi connectivity index (χ0n) is 18.9. The summed E-state index contributed by atoms with van der Waals surface area (Å²) >= 11 is 1.48. The van der Waals surface area contributed by atoms with Crippen LogP contribution in [0.4, 0.5) is 0 Å². The number of nitrogens with zero attached hydrogens (tertiary/aromatic N) is 3. The van der Waals surface area contributed by atoms with Crippen LogP contribution in [0.3, 0.4) is 0 Å². The second-order valence-corrected chi connectivity index (χ2v) is 10.0. The minimum atomic E-state index is -0.628. The largest absolute Gasteiger partial charge is 0.390 e. The Morgan fingerprint density at radius 2 is 1.82 bits per heavy atom. The van der Waals surface area contributed by atoms with Crippen LogP contribution in [0.15, 0.2) is 54.9 Å². The van der Waals surface area contributed by atoms with Crippen molar-refractivity contribution < 1.29 is 14.7 Å². The molecule has 34 heavy (non-hydrogen) atoms. The van der Waals surface area contributed by atoms with Gasteiger partial charge in [-0.25, -0.2) is 0 Å². The van der Waals surface area contributed by atoms with E-state index in [0.717, 1.165) is 36.4 Å². The fourth-order valence-corrected chi connectivity index (χ4v) is 5.75. The van der Waals surface area contributed by atoms with Gasteiger partial charge in [-0.1, -0.05) is 24.3 Å². The number of hydrogen-bond donors (Lipinski definition) is 2. The van der Waals surface area contributed by atoms with E-state index in [9.17, 15) is 14.7 Å². The summed E-state index contributed by atoms with van der Waals surface area (Å²) in [5.74, 6) is -0.192. The number of benzene rings is 1. The molecule has 1 atom stereocenters. The van der Waals surface area contributed by atoms with Crippen LogP contribution >= 0.6 is 11.3 Å². The van der Waals surface area contributed by atoms with Crippen LogP contribution in [0.2, 0.25) is 0 Å². The topological polar surface area (TPSA) is 85.8 Å². The summed E-state index contributed by atoms with van der Waals surface area (Å²) in [6, 6.07) is 13.7. The van der Waals surface area contributed by atoms with Crippen LogP contribution < -0.4 is 5.32 Å². The van der Waals surface area contributed by atoms with Crippen LogP contribution in [-0.4, -0.2) is 64.0 Å². The average molecular weight is 477 g/mol. The SMILES string of the molecule is O=C(NCC(O)CN1CCc2ccccc2C1)c1cc2c(s1)CCN(C(=O)c1ccncc1)C2. The Balaban J connectivity index is 1.13. The minimum absolute atomic E-state index is 0.0197. The molecule has 176 valence electrons. The molecule has 0 saturated carbocycles. The molecule has 1 aromatic carbocycles. The van der Waals surface area contributed by atoms with Gasteiger partial charge in [0.25, 0.3) is 11.8 Å². The van der Waals surface area contributed by atoms with Gasteiger partial charge < -0.3 is 15.3 Å². The van der Waals surface area contributed by atoms with Crippen LogP contribution in [0.1, 0.15) is 41.6 Å². The predicted molar refractivity (Wildman–Crippen MR) is 131 cm³/mol. The van der Waals surface area contributed by atoms with Crippen LogP contribution in [0.5, 0.6) is 0 Å². The Morgan fingerprint density at radius 3 is 2.65 bits per heavy atom. The quantitative estimate of drug-likeness (QED) is 0.571. The lowest BCUT2D eigenvalue weighted by molar-refractivity contribution is 0.0735. The second kappa shape index (κ2) is 10.0. The average Bonchev–Trinajstić information content (AvgIpc) is 3.31. The van der Waals surface area contributed by atoms with E-state index in [1.165, 1.54) is 22.5 Å². The normalized spacial score (nSPS) is 16.4. The number of amides is 2. The monoisotopic (exact) mass is 476 g/mol. The molecule has 0 saturated heterocycles. The molecule has 2 amide bonds. The first-order valence-electron chi connectivity index (χ1n) is 11.6. The summed E-state index contributed by atoms with van der Waals surface area (Å²) < 4.78 is 0. The van der Waals surface area contributed by atoms with E-state index in [4.69, 9.17) is 0 Å². The maximum atomic E-state index is 12.7. The Morgan fingerprint density at radius 1 is 1.03 bits per heavy atom. The van der Waals surface area contributed by atoms with Crippen molar-refractivity contribution in [2.24, 2.45) is 0 Å². The van der Waals surface area contributed by atoms with Gasteiger partial charge in [0.1, 0.15) is 0 Å². The van der Waals surface area contributed by atoms with Crippen molar-refractivity contribution in [2.45, 2.75) is 32.0 Å². The second-order valence-electron chi connectivity index (χ2n) is 8.89. The van der Waals surface area contributed by atoms with Crippen molar-refractivity contribution >= 4 is 23.2 Å². The number of aromatic nitrogens is 1. The third-order valence-corrected chi connectivity index (χ3v) is 7.72. The number of fused-ring (bicyclic) bond motifs is 2. The van der Waals surface area contributed by atoms with Crippen molar-refractivity contribution in [3.8, 4) is 0 Å². The number of aliphatic hydroxyl groups excluding tert-OH is 1. The standard InChI is InChI=1S/C26H28N4O3S/c31-22(17-29-11-7-18-3-1-2-4-20(18)15-29)14-28-25(32)24-13-21-16-30(12-8-23(21)34-24)26(33)19-5-9-27-10-6-19/h1-6,9-10,13,22,31H,7-8,11-12,14-17H2,(H,28,32). The number of aliphatic hydroxyl groups is 1. The third kappa shape index (κ3) is 5.04. The lowest BCUT2D eigenvalue weighted by Crippen LogP contribution is -2.41. The van der Waals surface area contributed by atoms with Gasteiger partial charge in [0, 0.05) is 62.1 Å². The van der Waals surface area contributed by atoms with E-state index < -0.39 is 6.10 Å². The summed E-state index contributed by atoms with van der Waals surface area (Å²) in [4.78, 5) is 35.3. The molecule has 0 aliphatic carbocycles. The number of β-amino-alcohol motifs (C(OH)–C–C–N with tert-alkyl or cyclic N) is 1. The van der Waals surface area contributed by atoms with Gasteiger partial charge in [0.05, 0.1) is 11.0 Å². The van der Waals surface area contributed by atoms with Gasteiger partial charge >= 0.3 is 0 Å². The van der Waals surface area contributed by atoms with E-state index in [2.05, 4.69) is 33.4 Å². The first-order valence-corrected chi connectivity index (χ1v) is 12.4. The molecule has 4 heterocycles. The fourth-order valence-electron chi connectivity index (χ4n) is 4.67. The first kappa shape index (κ1) is 22.7. The highest BCUT2D eigenvalue weighted by molar-refractivity contribution is 7.14. The first-order chi connectivity index (χ1) is 16.6. The Kier molecular flexibility index (Phi) is 6.71. The van der Waals surface area contributed by atoms with Gasteiger partial charge in [0.15, 0.2) is 0 Å². The molecule has 2 N–H and O–H groups in total. The zero-order valence-corrected chi connectivity index (χ0v) is 19.8. The maximum absolute atomic E-state index is 12.7. The summed E-state index contributed by atoms with van der Waals surface area (Å²) in [5.41, 5.74) is 4.34. The van der Waals surface area contributed by atoms with E-state index in [1.807, 2.05) is 17.0 Å². The molecule has 3 aromatic rings. The number of carbonyl (C=O) groups is 2. The number of pyridine rings is 1. The Bertz CT molecular complexity index is 1180. The predicted octanol–water partition coefficient (Wildman–Crippen LogP) is 2.49. The lowest BCUT2D eigenvalue weighted by Gasteiger charge is -2.30. The lowest BCUT2D eigenvalue weighted by atomic mass is 10.00. The molecule has 0 spiro atoms. The Hall–Kier alpha value is -3.07. The molecule has 2 aromatic heterocycles. The number of nitrogens with one attached hydrogen (secondary N) is 1. The van der Waals surface area contributed by atoms with E-state index >= 15 is 0 Å². The summed E-state index contributed by atoms with van der Waals surface area (Å²) in [6.45, 7) is 3.61. The maximum Gasteiger partial charge on any atom is 0.261 e. The van der Waals surface area contributed by atoms with E-state index in [1.54, 1.807) is 24.5 Å². The van der Waals surface area contributed by atoms with Crippen molar-refractivity contribution in [1.29, 1.82) is 0 Å². The van der Waals surface area contributed by atoms with Crippen LogP contribution in [0.25, 0.3) is 0 Å². The number of carbonyl (C=O) groups excluding carboxylic acids is 2. The molecule has 1 unspecified atom stereocenters. The molecule has 0 bridgehead atoms. The molecule has 0 radical (unpaired) electrons. The van der Waals surface area contributed by atoms with Gasteiger partial charge in [-0.2, -0.15) is 0 Å². The zero-order chi connectivity index (χ0) is 23.5. The smallest absolute Gasteiger partial charge is 0.261 e. The molecule has 8 heteroatoms. The van der Waals surface area contributed by atoms with Crippen molar-refractivity contribution in [3.63, 3.8) is 0 Å². The number of thiophene rings is 1. The van der Waals surface area contributed by atoms with Crippen molar-refractivity contribution in [3.05, 3.63) is 86.9 Å². The highest BCUT2D eigenvalue weighted by Gasteiger charge is 2.25. The molecule has 0 fully saturated rings. The molecule has 7 nitrogen and oxygen atoms in total. The number of rotatable bonds is 6. The van der Waals surface area contributed by atoms with E-state index in [-0.39, 0.29) is 18.4 Å². The van der Waals surface area contributed by atoms with Gasteiger partial charge in [0.2, 0.25) is 0 Å². The van der Waals surface area contributed by atoms with Crippen molar-refractivity contribution in [2.75, 3.05) is 26.2 Å². The number of hydrogen-bond acceptors (Lipinski definition) is 6. The molecular weight excluding hydrogens is 448 g/mol. The van der Waals surface area contributed by atoms with Gasteiger partial charge in [-0.15, -0.1) is 11.3 Å².